The summed E-state index contributed by atoms with van der Waals surface area (Å²) in [6.07, 6.45) is 3.41. The Morgan fingerprint density at radius 3 is 2.64 bits per heavy atom. The van der Waals surface area contributed by atoms with Gasteiger partial charge < -0.3 is 0 Å². The molecule has 0 fully saturated rings. The number of nitrogens with zero attached hydrogens (tertiary/aromatic N) is 5. The third-order valence-electron chi connectivity index (χ3n) is 3.05. The maximum Gasteiger partial charge on any atom is 0.235 e. The molecule has 8 heteroatoms. The summed E-state index contributed by atoms with van der Waals surface area (Å²) in [5.41, 5.74) is 1.66. The molecule has 0 aliphatic carbocycles. The van der Waals surface area contributed by atoms with Crippen molar-refractivity contribution in [2.24, 2.45) is 0 Å². The molecule has 4 aromatic rings. The van der Waals surface area contributed by atoms with E-state index in [1.54, 1.807) is 29.0 Å². The van der Waals surface area contributed by atoms with E-state index in [0.717, 1.165) is 20.6 Å². The summed E-state index contributed by atoms with van der Waals surface area (Å²) in [6, 6.07) is 8.12. The lowest BCUT2D eigenvalue weighted by atomic mass is 10.2. The van der Waals surface area contributed by atoms with Gasteiger partial charge in [0, 0.05) is 28.0 Å². The van der Waals surface area contributed by atoms with Crippen LogP contribution in [0, 0.1) is 5.82 Å². The second-order valence-electron chi connectivity index (χ2n) is 4.52. The number of halogens is 2. The summed E-state index contributed by atoms with van der Waals surface area (Å²) in [5.74, 6) is 0.348. The zero-order chi connectivity index (χ0) is 15.1. The van der Waals surface area contributed by atoms with Crippen LogP contribution in [0.1, 0.15) is 0 Å². The van der Waals surface area contributed by atoms with E-state index in [1.807, 2.05) is 6.07 Å². The van der Waals surface area contributed by atoms with Crippen LogP contribution < -0.4 is 0 Å². The summed E-state index contributed by atoms with van der Waals surface area (Å²) < 4.78 is 15.5. The Balaban J connectivity index is 1.84. The molecule has 0 spiro atoms. The fraction of sp³-hybridized carbons (Fsp3) is 0. The van der Waals surface area contributed by atoms with Crippen molar-refractivity contribution in [3.8, 4) is 22.0 Å². The third-order valence-corrected chi connectivity index (χ3v) is 4.43. The summed E-state index contributed by atoms with van der Waals surface area (Å²) >= 11 is 4.79. The number of pyridine rings is 1. The number of rotatable bonds is 2. The molecule has 0 N–H and O–H groups in total. The zero-order valence-electron chi connectivity index (χ0n) is 10.9. The molecule has 5 nitrogen and oxygen atoms in total. The minimum absolute atomic E-state index is 0.271. The predicted molar refractivity (Wildman–Crippen MR) is 85.0 cm³/mol. The monoisotopic (exact) mass is 375 g/mol. The molecule has 0 aliphatic heterocycles. The van der Waals surface area contributed by atoms with Gasteiger partial charge in [0.1, 0.15) is 10.8 Å². The van der Waals surface area contributed by atoms with Gasteiger partial charge in [-0.15, -0.1) is 10.2 Å². The van der Waals surface area contributed by atoms with Crippen LogP contribution in [-0.4, -0.2) is 24.8 Å². The average Bonchev–Trinajstić information content (AvgIpc) is 3.08. The summed E-state index contributed by atoms with van der Waals surface area (Å²) in [5, 5.41) is 13.6. The maximum atomic E-state index is 13.0. The standard InChI is InChI=1S/C14H7BrFN5S/c15-10-5-9(6-17-7-10)12-18-19-14-21(12)20-13(22-14)8-1-3-11(16)4-2-8/h1-7H. The Morgan fingerprint density at radius 1 is 1.05 bits per heavy atom. The van der Waals surface area contributed by atoms with Crippen molar-refractivity contribution in [2.75, 3.05) is 0 Å². The van der Waals surface area contributed by atoms with E-state index in [-0.39, 0.29) is 5.82 Å². The van der Waals surface area contributed by atoms with Gasteiger partial charge in [0.05, 0.1) is 0 Å². The zero-order valence-corrected chi connectivity index (χ0v) is 13.3. The highest BCUT2D eigenvalue weighted by Crippen LogP contribution is 2.28. The molecular weight excluding hydrogens is 369 g/mol. The van der Waals surface area contributed by atoms with Crippen molar-refractivity contribution in [1.29, 1.82) is 0 Å². The van der Waals surface area contributed by atoms with Gasteiger partial charge in [0.25, 0.3) is 0 Å². The van der Waals surface area contributed by atoms with Gasteiger partial charge in [-0.1, -0.05) is 11.3 Å². The van der Waals surface area contributed by atoms with Crippen LogP contribution in [0.5, 0.6) is 0 Å². The molecule has 108 valence electrons. The maximum absolute atomic E-state index is 13.0. The minimum atomic E-state index is -0.271. The van der Waals surface area contributed by atoms with E-state index in [1.165, 1.54) is 23.5 Å². The smallest absolute Gasteiger partial charge is 0.235 e. The molecule has 0 unspecified atom stereocenters. The van der Waals surface area contributed by atoms with Gasteiger partial charge >= 0.3 is 0 Å². The fourth-order valence-electron chi connectivity index (χ4n) is 2.04. The van der Waals surface area contributed by atoms with E-state index in [4.69, 9.17) is 0 Å². The van der Waals surface area contributed by atoms with Gasteiger partial charge in [-0.05, 0) is 46.3 Å². The molecule has 0 amide bonds. The van der Waals surface area contributed by atoms with E-state index in [2.05, 4.69) is 36.2 Å². The van der Waals surface area contributed by atoms with Gasteiger partial charge in [-0.25, -0.2) is 4.39 Å². The first-order chi connectivity index (χ1) is 10.7. The molecular formula is C14H7BrFN5S. The van der Waals surface area contributed by atoms with Crippen molar-refractivity contribution < 1.29 is 4.39 Å². The largest absolute Gasteiger partial charge is 0.263 e. The molecule has 0 saturated carbocycles. The second-order valence-corrected chi connectivity index (χ2v) is 6.40. The van der Waals surface area contributed by atoms with Crippen LogP contribution in [0.15, 0.2) is 47.2 Å². The van der Waals surface area contributed by atoms with E-state index < -0.39 is 0 Å². The molecule has 3 heterocycles. The highest BCUT2D eigenvalue weighted by atomic mass is 79.9. The molecule has 4 rings (SSSR count). The lowest BCUT2D eigenvalue weighted by molar-refractivity contribution is 0.628. The Hall–Kier alpha value is -2.19. The van der Waals surface area contributed by atoms with E-state index >= 15 is 0 Å². The molecule has 3 aromatic heterocycles. The second kappa shape index (κ2) is 5.22. The van der Waals surface area contributed by atoms with Crippen LogP contribution >= 0.6 is 27.3 Å². The van der Waals surface area contributed by atoms with Gasteiger partial charge in [0.2, 0.25) is 4.96 Å². The molecule has 0 atom stereocenters. The molecule has 0 radical (unpaired) electrons. The van der Waals surface area contributed by atoms with Crippen molar-refractivity contribution in [1.82, 2.24) is 24.8 Å². The first-order valence-corrected chi connectivity index (χ1v) is 7.91. The van der Waals surface area contributed by atoms with Crippen molar-refractivity contribution in [2.45, 2.75) is 0 Å². The molecule has 0 aliphatic rings. The van der Waals surface area contributed by atoms with Crippen molar-refractivity contribution >= 4 is 32.2 Å². The highest BCUT2D eigenvalue weighted by molar-refractivity contribution is 9.10. The molecule has 22 heavy (non-hydrogen) atoms. The van der Waals surface area contributed by atoms with Crippen molar-refractivity contribution in [3.63, 3.8) is 0 Å². The minimum Gasteiger partial charge on any atom is -0.263 e. The average molecular weight is 376 g/mol. The first-order valence-electron chi connectivity index (χ1n) is 6.30. The highest BCUT2D eigenvalue weighted by Gasteiger charge is 2.14. The molecule has 0 saturated heterocycles. The summed E-state index contributed by atoms with van der Waals surface area (Å²) in [7, 11) is 0. The normalized spacial score (nSPS) is 11.2. The van der Waals surface area contributed by atoms with Crippen LogP contribution in [0.4, 0.5) is 4.39 Å². The van der Waals surface area contributed by atoms with Gasteiger partial charge in [-0.3, -0.25) is 4.98 Å². The lowest BCUT2D eigenvalue weighted by Crippen LogP contribution is -1.91. The van der Waals surface area contributed by atoms with Crippen LogP contribution in [0.2, 0.25) is 0 Å². The number of benzene rings is 1. The Bertz CT molecular complexity index is 963. The Kier molecular flexibility index (Phi) is 3.20. The molecule has 0 bridgehead atoms. The topological polar surface area (TPSA) is 56.0 Å². The van der Waals surface area contributed by atoms with Crippen LogP contribution in [-0.2, 0) is 0 Å². The molecule has 1 aromatic carbocycles. The van der Waals surface area contributed by atoms with E-state index in [0.29, 0.717) is 10.8 Å². The summed E-state index contributed by atoms with van der Waals surface area (Å²) in [4.78, 5) is 4.80. The number of hydrogen-bond donors (Lipinski definition) is 0. The number of aromatic nitrogens is 5. The summed E-state index contributed by atoms with van der Waals surface area (Å²) in [6.45, 7) is 0. The SMILES string of the molecule is Fc1ccc(-c2nn3c(-c4cncc(Br)c4)nnc3s2)cc1. The Morgan fingerprint density at radius 2 is 1.86 bits per heavy atom. The lowest BCUT2D eigenvalue weighted by Gasteiger charge is -1.97. The van der Waals surface area contributed by atoms with Crippen LogP contribution in [0.3, 0.4) is 0 Å². The quantitative estimate of drug-likeness (QED) is 0.534. The number of hydrogen-bond acceptors (Lipinski definition) is 5. The van der Waals surface area contributed by atoms with E-state index in [9.17, 15) is 4.39 Å². The van der Waals surface area contributed by atoms with Crippen molar-refractivity contribution in [3.05, 3.63) is 53.0 Å². The number of fused-ring (bicyclic) bond motifs is 1. The van der Waals surface area contributed by atoms with Gasteiger partial charge in [0.15, 0.2) is 5.82 Å². The van der Waals surface area contributed by atoms with Gasteiger partial charge in [-0.2, -0.15) is 9.61 Å². The Labute approximate surface area is 136 Å². The first kappa shape index (κ1) is 13.5. The predicted octanol–water partition coefficient (Wildman–Crippen LogP) is 3.82. The van der Waals surface area contributed by atoms with Crippen LogP contribution in [0.25, 0.3) is 26.9 Å². The third kappa shape index (κ3) is 2.30. The fourth-order valence-corrected chi connectivity index (χ4v) is 3.25.